The SMILES string of the molecule is CCOC(=O)c1cc(Br)n2cnc(C)cc12. The third-order valence-electron chi connectivity index (χ3n) is 2.25. The fourth-order valence-corrected chi connectivity index (χ4v) is 2.04. The molecule has 0 amide bonds. The maximum absolute atomic E-state index is 11.7. The van der Waals surface area contributed by atoms with Gasteiger partial charge in [-0.15, -0.1) is 0 Å². The lowest BCUT2D eigenvalue weighted by molar-refractivity contribution is 0.0529. The minimum atomic E-state index is -0.309. The first-order valence-electron chi connectivity index (χ1n) is 4.93. The molecule has 5 heteroatoms. The second kappa shape index (κ2) is 4.25. The first-order valence-corrected chi connectivity index (χ1v) is 5.73. The number of nitrogens with zero attached hydrogens (tertiary/aromatic N) is 2. The number of esters is 1. The van der Waals surface area contributed by atoms with Gasteiger partial charge in [0.05, 0.1) is 22.3 Å². The van der Waals surface area contributed by atoms with Gasteiger partial charge in [0.15, 0.2) is 0 Å². The van der Waals surface area contributed by atoms with Crippen LogP contribution < -0.4 is 0 Å². The average molecular weight is 283 g/mol. The van der Waals surface area contributed by atoms with Gasteiger partial charge in [-0.05, 0) is 41.9 Å². The maximum Gasteiger partial charge on any atom is 0.340 e. The van der Waals surface area contributed by atoms with Crippen molar-refractivity contribution in [1.82, 2.24) is 9.38 Å². The van der Waals surface area contributed by atoms with Crippen molar-refractivity contribution in [3.63, 3.8) is 0 Å². The summed E-state index contributed by atoms with van der Waals surface area (Å²) in [5, 5.41) is 0. The van der Waals surface area contributed by atoms with Crippen LogP contribution >= 0.6 is 15.9 Å². The predicted molar refractivity (Wildman–Crippen MR) is 63.6 cm³/mol. The average Bonchev–Trinajstić information content (AvgIpc) is 2.56. The van der Waals surface area contributed by atoms with E-state index in [4.69, 9.17) is 4.74 Å². The molecule has 0 unspecified atom stereocenters. The smallest absolute Gasteiger partial charge is 0.340 e. The summed E-state index contributed by atoms with van der Waals surface area (Å²) in [6.45, 7) is 4.05. The highest BCUT2D eigenvalue weighted by Crippen LogP contribution is 2.22. The second-order valence-corrected chi connectivity index (χ2v) is 4.20. The number of hydrogen-bond donors (Lipinski definition) is 0. The lowest BCUT2D eigenvalue weighted by atomic mass is 10.2. The van der Waals surface area contributed by atoms with E-state index in [9.17, 15) is 4.79 Å². The molecule has 2 rings (SSSR count). The Hall–Kier alpha value is -1.36. The first-order chi connectivity index (χ1) is 7.63. The zero-order chi connectivity index (χ0) is 11.7. The number of aromatic nitrogens is 2. The Kier molecular flexibility index (Phi) is 2.96. The zero-order valence-electron chi connectivity index (χ0n) is 9.03. The van der Waals surface area contributed by atoms with E-state index in [1.807, 2.05) is 13.0 Å². The monoisotopic (exact) mass is 282 g/mol. The fourth-order valence-electron chi connectivity index (χ4n) is 1.53. The standard InChI is InChI=1S/C11H11BrN2O2/c1-3-16-11(15)8-5-10(12)14-6-13-7(2)4-9(8)14/h4-6H,3H2,1-2H3. The Labute approximate surface area is 101 Å². The lowest BCUT2D eigenvalue weighted by Gasteiger charge is -2.01. The van der Waals surface area contributed by atoms with Gasteiger partial charge in [0.1, 0.15) is 6.33 Å². The van der Waals surface area contributed by atoms with Crippen LogP contribution in [0.4, 0.5) is 0 Å². The summed E-state index contributed by atoms with van der Waals surface area (Å²) in [4.78, 5) is 15.9. The van der Waals surface area contributed by atoms with Crippen LogP contribution in [0.1, 0.15) is 23.0 Å². The molecular formula is C11H11BrN2O2. The van der Waals surface area contributed by atoms with E-state index in [0.717, 1.165) is 15.8 Å². The Morgan fingerprint density at radius 1 is 1.56 bits per heavy atom. The van der Waals surface area contributed by atoms with Gasteiger partial charge in [0, 0.05) is 5.69 Å². The predicted octanol–water partition coefficient (Wildman–Crippen LogP) is 2.58. The molecule has 0 fully saturated rings. The van der Waals surface area contributed by atoms with E-state index in [2.05, 4.69) is 20.9 Å². The van der Waals surface area contributed by atoms with Crippen LogP contribution in [0, 0.1) is 6.92 Å². The van der Waals surface area contributed by atoms with Gasteiger partial charge in [-0.2, -0.15) is 0 Å². The molecule has 0 aromatic carbocycles. The topological polar surface area (TPSA) is 43.6 Å². The molecule has 2 aromatic heterocycles. The van der Waals surface area contributed by atoms with Gasteiger partial charge in [-0.3, -0.25) is 4.40 Å². The Bertz CT molecular complexity index is 548. The molecule has 2 heterocycles. The fraction of sp³-hybridized carbons (Fsp3) is 0.273. The van der Waals surface area contributed by atoms with Gasteiger partial charge in [0.2, 0.25) is 0 Å². The molecule has 84 valence electrons. The van der Waals surface area contributed by atoms with Crippen LogP contribution in [0.2, 0.25) is 0 Å². The molecule has 0 aliphatic carbocycles. The third-order valence-corrected chi connectivity index (χ3v) is 2.86. The van der Waals surface area contributed by atoms with E-state index >= 15 is 0 Å². The van der Waals surface area contributed by atoms with Crippen molar-refractivity contribution in [2.75, 3.05) is 6.61 Å². The molecule has 0 atom stereocenters. The lowest BCUT2D eigenvalue weighted by Crippen LogP contribution is -2.04. The molecular weight excluding hydrogens is 272 g/mol. The van der Waals surface area contributed by atoms with Crippen molar-refractivity contribution in [1.29, 1.82) is 0 Å². The molecule has 4 nitrogen and oxygen atoms in total. The number of ether oxygens (including phenoxy) is 1. The van der Waals surface area contributed by atoms with Gasteiger partial charge < -0.3 is 4.74 Å². The van der Waals surface area contributed by atoms with E-state index in [1.54, 1.807) is 23.7 Å². The highest BCUT2D eigenvalue weighted by Gasteiger charge is 2.15. The zero-order valence-corrected chi connectivity index (χ0v) is 10.6. The van der Waals surface area contributed by atoms with Crippen molar-refractivity contribution >= 4 is 27.4 Å². The van der Waals surface area contributed by atoms with Crippen molar-refractivity contribution in [2.24, 2.45) is 0 Å². The molecule has 0 N–H and O–H groups in total. The normalized spacial score (nSPS) is 10.7. The van der Waals surface area contributed by atoms with Crippen LogP contribution in [0.15, 0.2) is 23.1 Å². The number of fused-ring (bicyclic) bond motifs is 1. The molecule has 0 aliphatic heterocycles. The molecule has 0 aliphatic rings. The molecule has 0 spiro atoms. The minimum absolute atomic E-state index is 0.309. The van der Waals surface area contributed by atoms with Crippen LogP contribution in [0.3, 0.4) is 0 Å². The van der Waals surface area contributed by atoms with Crippen molar-refractivity contribution < 1.29 is 9.53 Å². The first kappa shape index (κ1) is 11.1. The summed E-state index contributed by atoms with van der Waals surface area (Å²) in [5.74, 6) is -0.309. The molecule has 2 aromatic rings. The second-order valence-electron chi connectivity index (χ2n) is 3.39. The number of halogens is 1. The summed E-state index contributed by atoms with van der Waals surface area (Å²) in [5.41, 5.74) is 2.22. The maximum atomic E-state index is 11.7. The van der Waals surface area contributed by atoms with Gasteiger partial charge in [-0.1, -0.05) is 0 Å². The summed E-state index contributed by atoms with van der Waals surface area (Å²) >= 11 is 3.38. The van der Waals surface area contributed by atoms with Gasteiger partial charge in [0.25, 0.3) is 0 Å². The molecule has 16 heavy (non-hydrogen) atoms. The number of rotatable bonds is 2. The number of aryl methyl sites for hydroxylation is 1. The Morgan fingerprint density at radius 2 is 2.31 bits per heavy atom. The minimum Gasteiger partial charge on any atom is -0.462 e. The van der Waals surface area contributed by atoms with Crippen molar-refractivity contribution in [3.05, 3.63) is 34.3 Å². The number of hydrogen-bond acceptors (Lipinski definition) is 3. The molecule has 0 bridgehead atoms. The van der Waals surface area contributed by atoms with Crippen molar-refractivity contribution in [3.8, 4) is 0 Å². The van der Waals surface area contributed by atoms with Crippen LogP contribution in [-0.4, -0.2) is 22.0 Å². The summed E-state index contributed by atoms with van der Waals surface area (Å²) < 4.78 is 7.59. The van der Waals surface area contributed by atoms with Gasteiger partial charge >= 0.3 is 5.97 Å². The summed E-state index contributed by atoms with van der Waals surface area (Å²) in [6.07, 6.45) is 1.68. The Morgan fingerprint density at radius 3 is 3.00 bits per heavy atom. The van der Waals surface area contributed by atoms with Crippen LogP contribution in [-0.2, 0) is 4.74 Å². The van der Waals surface area contributed by atoms with Crippen molar-refractivity contribution in [2.45, 2.75) is 13.8 Å². The van der Waals surface area contributed by atoms with Gasteiger partial charge in [-0.25, -0.2) is 9.78 Å². The molecule has 0 saturated carbocycles. The van der Waals surface area contributed by atoms with Crippen LogP contribution in [0.25, 0.3) is 5.52 Å². The number of carbonyl (C=O) groups excluding carboxylic acids is 1. The summed E-state index contributed by atoms with van der Waals surface area (Å²) in [7, 11) is 0. The highest BCUT2D eigenvalue weighted by atomic mass is 79.9. The Balaban J connectivity index is 2.61. The van der Waals surface area contributed by atoms with E-state index in [1.165, 1.54) is 0 Å². The number of carbonyl (C=O) groups is 1. The molecule has 0 saturated heterocycles. The largest absolute Gasteiger partial charge is 0.462 e. The van der Waals surface area contributed by atoms with E-state index < -0.39 is 0 Å². The quantitative estimate of drug-likeness (QED) is 0.796. The summed E-state index contributed by atoms with van der Waals surface area (Å²) in [6, 6.07) is 3.60. The highest BCUT2D eigenvalue weighted by molar-refractivity contribution is 9.10. The van der Waals surface area contributed by atoms with E-state index in [-0.39, 0.29) is 5.97 Å². The molecule has 0 radical (unpaired) electrons. The van der Waals surface area contributed by atoms with E-state index in [0.29, 0.717) is 12.2 Å². The van der Waals surface area contributed by atoms with Crippen LogP contribution in [0.5, 0.6) is 0 Å². The third kappa shape index (κ3) is 1.82.